The van der Waals surface area contributed by atoms with Gasteiger partial charge in [-0.25, -0.2) is 9.78 Å². The zero-order valence-corrected chi connectivity index (χ0v) is 15.1. The summed E-state index contributed by atoms with van der Waals surface area (Å²) < 4.78 is 1.49. The number of aryl methyl sites for hydroxylation is 1. The lowest BCUT2D eigenvalue weighted by molar-refractivity contribution is 0.0684. The van der Waals surface area contributed by atoms with E-state index in [4.69, 9.17) is 5.11 Å². The molecule has 0 spiro atoms. The Bertz CT molecular complexity index is 1150. The molecule has 0 aliphatic carbocycles. The Morgan fingerprint density at radius 1 is 1.15 bits per heavy atom. The van der Waals surface area contributed by atoms with E-state index in [1.54, 1.807) is 0 Å². The predicted molar refractivity (Wildman–Crippen MR) is 103 cm³/mol. The molecule has 0 radical (unpaired) electrons. The molecular weight excluding hydrogens is 342 g/mol. The number of anilines is 1. The third-order valence-corrected chi connectivity index (χ3v) is 4.60. The van der Waals surface area contributed by atoms with E-state index in [1.165, 1.54) is 20.9 Å². The molecule has 2 aromatic heterocycles. The zero-order chi connectivity index (χ0) is 19.0. The molecule has 0 fully saturated rings. The number of hydrogen-bond acceptors (Lipinski definition) is 5. The van der Waals surface area contributed by atoms with Gasteiger partial charge in [0, 0.05) is 25.4 Å². The van der Waals surface area contributed by atoms with Gasteiger partial charge in [-0.3, -0.25) is 0 Å². The standard InChI is InChI=1S/C20H19N5O2/c1-13-12-17(25-20(21-13)22-18(23-25)19(26)27)24(2)11-10-15-8-5-7-14-6-3-4-9-16(14)15/h3-9,12H,10-11H2,1-2H3,(H,26,27). The maximum Gasteiger partial charge on any atom is 0.375 e. The minimum absolute atomic E-state index is 0.253. The lowest BCUT2D eigenvalue weighted by Crippen LogP contribution is -2.23. The Morgan fingerprint density at radius 2 is 1.93 bits per heavy atom. The fourth-order valence-electron chi connectivity index (χ4n) is 3.24. The summed E-state index contributed by atoms with van der Waals surface area (Å²) >= 11 is 0. The molecule has 1 N–H and O–H groups in total. The van der Waals surface area contributed by atoms with Crippen molar-refractivity contribution in [3.05, 3.63) is 65.6 Å². The predicted octanol–water partition coefficient (Wildman–Crippen LogP) is 2.96. The van der Waals surface area contributed by atoms with Crippen LogP contribution in [0.5, 0.6) is 0 Å². The highest BCUT2D eigenvalue weighted by Gasteiger charge is 2.16. The first kappa shape index (κ1) is 17.0. The van der Waals surface area contributed by atoms with Crippen molar-refractivity contribution < 1.29 is 9.90 Å². The first-order valence-corrected chi connectivity index (χ1v) is 8.68. The van der Waals surface area contributed by atoms with Crippen LogP contribution in [0.15, 0.2) is 48.5 Å². The molecule has 0 bridgehead atoms. The second kappa shape index (κ2) is 6.68. The van der Waals surface area contributed by atoms with Crippen LogP contribution >= 0.6 is 0 Å². The Labute approximate surface area is 155 Å². The SMILES string of the molecule is Cc1cc(N(C)CCc2cccc3ccccc23)n2nc(C(=O)O)nc2n1. The van der Waals surface area contributed by atoms with Gasteiger partial charge in [0.15, 0.2) is 0 Å². The Hall–Kier alpha value is -3.48. The highest BCUT2D eigenvalue weighted by atomic mass is 16.4. The van der Waals surface area contributed by atoms with Crippen molar-refractivity contribution in [2.75, 3.05) is 18.5 Å². The first-order valence-electron chi connectivity index (χ1n) is 8.68. The maximum absolute atomic E-state index is 11.2. The van der Waals surface area contributed by atoms with Gasteiger partial charge in [0.2, 0.25) is 0 Å². The largest absolute Gasteiger partial charge is 0.475 e. The number of carboxylic acids is 1. The summed E-state index contributed by atoms with van der Waals surface area (Å²) in [5.74, 6) is -0.364. The monoisotopic (exact) mass is 361 g/mol. The zero-order valence-electron chi connectivity index (χ0n) is 15.1. The Balaban J connectivity index is 1.65. The van der Waals surface area contributed by atoms with Crippen molar-refractivity contribution in [1.82, 2.24) is 19.6 Å². The van der Waals surface area contributed by atoms with E-state index in [0.717, 1.165) is 24.5 Å². The molecule has 27 heavy (non-hydrogen) atoms. The van der Waals surface area contributed by atoms with Crippen LogP contribution in [0.2, 0.25) is 0 Å². The van der Waals surface area contributed by atoms with E-state index in [9.17, 15) is 4.79 Å². The molecule has 0 amide bonds. The average Bonchev–Trinajstić information content (AvgIpc) is 3.09. The summed E-state index contributed by atoms with van der Waals surface area (Å²) in [6.07, 6.45) is 0.848. The highest BCUT2D eigenvalue weighted by molar-refractivity contribution is 5.85. The van der Waals surface area contributed by atoms with Gasteiger partial charge in [0.1, 0.15) is 5.82 Å². The number of likely N-dealkylation sites (N-methyl/N-ethyl adjacent to an activating group) is 1. The second-order valence-electron chi connectivity index (χ2n) is 6.52. The van der Waals surface area contributed by atoms with Crippen molar-refractivity contribution in [3.63, 3.8) is 0 Å². The molecule has 7 heteroatoms. The number of rotatable bonds is 5. The van der Waals surface area contributed by atoms with E-state index < -0.39 is 5.97 Å². The molecule has 4 aromatic rings. The number of fused-ring (bicyclic) bond motifs is 2. The Kier molecular flexibility index (Phi) is 4.19. The molecule has 2 aromatic carbocycles. The van der Waals surface area contributed by atoms with E-state index in [2.05, 4.69) is 45.4 Å². The summed E-state index contributed by atoms with van der Waals surface area (Å²) in [6.45, 7) is 2.60. The number of aromatic nitrogens is 4. The molecule has 4 rings (SSSR count). The van der Waals surface area contributed by atoms with E-state index in [1.807, 2.05) is 37.1 Å². The van der Waals surface area contributed by atoms with Crippen molar-refractivity contribution in [2.45, 2.75) is 13.3 Å². The fourth-order valence-corrected chi connectivity index (χ4v) is 3.24. The van der Waals surface area contributed by atoms with Crippen LogP contribution in [-0.2, 0) is 6.42 Å². The molecule has 2 heterocycles. The van der Waals surface area contributed by atoms with Gasteiger partial charge in [-0.05, 0) is 29.7 Å². The van der Waals surface area contributed by atoms with Crippen molar-refractivity contribution in [2.24, 2.45) is 0 Å². The molecule has 0 saturated carbocycles. The number of nitrogens with zero attached hydrogens (tertiary/aromatic N) is 5. The lowest BCUT2D eigenvalue weighted by Gasteiger charge is -2.20. The number of aromatic carboxylic acids is 1. The van der Waals surface area contributed by atoms with Gasteiger partial charge < -0.3 is 10.0 Å². The smallest absolute Gasteiger partial charge is 0.375 e. The van der Waals surface area contributed by atoms with Crippen LogP contribution in [0.3, 0.4) is 0 Å². The molecule has 0 aliphatic rings. The van der Waals surface area contributed by atoms with Crippen LogP contribution in [0, 0.1) is 6.92 Å². The van der Waals surface area contributed by atoms with Crippen LogP contribution < -0.4 is 4.90 Å². The number of hydrogen-bond donors (Lipinski definition) is 1. The van der Waals surface area contributed by atoms with E-state index in [-0.39, 0.29) is 5.82 Å². The minimum Gasteiger partial charge on any atom is -0.475 e. The number of benzene rings is 2. The summed E-state index contributed by atoms with van der Waals surface area (Å²) in [7, 11) is 1.96. The summed E-state index contributed by atoms with van der Waals surface area (Å²) in [5, 5.41) is 15.7. The molecule has 0 atom stereocenters. The molecule has 0 aliphatic heterocycles. The Morgan fingerprint density at radius 3 is 2.74 bits per heavy atom. The lowest BCUT2D eigenvalue weighted by atomic mass is 10.0. The van der Waals surface area contributed by atoms with Crippen LogP contribution in [-0.4, -0.2) is 44.3 Å². The molecule has 0 unspecified atom stereocenters. The molecule has 7 nitrogen and oxygen atoms in total. The summed E-state index contributed by atoms with van der Waals surface area (Å²) in [6, 6.07) is 16.5. The summed E-state index contributed by atoms with van der Waals surface area (Å²) in [4.78, 5) is 21.5. The first-order chi connectivity index (χ1) is 13.0. The van der Waals surface area contributed by atoms with Crippen LogP contribution in [0.1, 0.15) is 21.9 Å². The maximum atomic E-state index is 11.2. The quantitative estimate of drug-likeness (QED) is 0.588. The third-order valence-electron chi connectivity index (χ3n) is 4.60. The third kappa shape index (κ3) is 3.19. The van der Waals surface area contributed by atoms with Crippen molar-refractivity contribution >= 4 is 28.3 Å². The number of carbonyl (C=O) groups is 1. The highest BCUT2D eigenvalue weighted by Crippen LogP contribution is 2.21. The van der Waals surface area contributed by atoms with Crippen LogP contribution in [0.4, 0.5) is 5.82 Å². The van der Waals surface area contributed by atoms with Gasteiger partial charge in [-0.15, -0.1) is 5.10 Å². The second-order valence-corrected chi connectivity index (χ2v) is 6.52. The van der Waals surface area contributed by atoms with Crippen LogP contribution in [0.25, 0.3) is 16.6 Å². The van der Waals surface area contributed by atoms with Gasteiger partial charge in [0.25, 0.3) is 11.6 Å². The van der Waals surface area contributed by atoms with Gasteiger partial charge >= 0.3 is 5.97 Å². The van der Waals surface area contributed by atoms with Crippen molar-refractivity contribution in [1.29, 1.82) is 0 Å². The van der Waals surface area contributed by atoms with Crippen molar-refractivity contribution in [3.8, 4) is 0 Å². The van der Waals surface area contributed by atoms with Gasteiger partial charge in [-0.2, -0.15) is 9.50 Å². The molecular formula is C20H19N5O2. The topological polar surface area (TPSA) is 83.6 Å². The molecule has 136 valence electrons. The van der Waals surface area contributed by atoms with E-state index in [0.29, 0.717) is 5.78 Å². The summed E-state index contributed by atoms with van der Waals surface area (Å²) in [5.41, 5.74) is 2.03. The molecule has 0 saturated heterocycles. The minimum atomic E-state index is -1.16. The van der Waals surface area contributed by atoms with E-state index >= 15 is 0 Å². The number of carboxylic acid groups (broad SMARTS) is 1. The average molecular weight is 361 g/mol. The normalized spacial score (nSPS) is 11.2. The van der Waals surface area contributed by atoms with Gasteiger partial charge in [-0.1, -0.05) is 42.5 Å². The fraction of sp³-hybridized carbons (Fsp3) is 0.200. The van der Waals surface area contributed by atoms with Gasteiger partial charge in [0.05, 0.1) is 0 Å².